The normalized spacial score (nSPS) is 11.2. The van der Waals surface area contributed by atoms with Crippen LogP contribution >= 0.6 is 0 Å². The Morgan fingerprint density at radius 1 is 0.588 bits per heavy atom. The van der Waals surface area contributed by atoms with Crippen LogP contribution < -0.4 is 18.9 Å². The number of hydrogen-bond donors (Lipinski definition) is 0. The second-order valence-electron chi connectivity index (χ2n) is 7.08. The zero-order chi connectivity index (χ0) is 24.5. The van der Waals surface area contributed by atoms with Crippen LogP contribution in [0.15, 0.2) is 60.7 Å². The molecule has 0 N–H and O–H groups in total. The number of nitriles is 2. The molecule has 0 amide bonds. The molecule has 6 nitrogen and oxygen atoms in total. The Morgan fingerprint density at radius 2 is 0.941 bits per heavy atom. The molecular weight excluding hydrogens is 428 g/mol. The zero-order valence-corrected chi connectivity index (χ0v) is 19.5. The number of para-hydroxylation sites is 2. The molecule has 6 heteroatoms. The van der Waals surface area contributed by atoms with E-state index in [1.807, 2.05) is 36.4 Å². The van der Waals surface area contributed by atoms with Crippen LogP contribution in [0.3, 0.4) is 0 Å². The summed E-state index contributed by atoms with van der Waals surface area (Å²) >= 11 is 0. The topological polar surface area (TPSA) is 84.5 Å². The van der Waals surface area contributed by atoms with Crippen LogP contribution in [0.1, 0.15) is 22.3 Å². The number of hydrogen-bond acceptors (Lipinski definition) is 6. The first-order valence-corrected chi connectivity index (χ1v) is 10.4. The molecule has 0 saturated heterocycles. The number of benzene rings is 3. The average molecular weight is 453 g/mol. The Bertz CT molecular complexity index is 1220. The summed E-state index contributed by atoms with van der Waals surface area (Å²) in [4.78, 5) is 0. The van der Waals surface area contributed by atoms with Crippen molar-refractivity contribution in [3.8, 4) is 35.1 Å². The molecule has 0 atom stereocenters. The van der Waals surface area contributed by atoms with Gasteiger partial charge < -0.3 is 18.9 Å². The molecule has 0 aromatic heterocycles. The second-order valence-corrected chi connectivity index (χ2v) is 7.08. The molecular formula is C28H24N2O4. The first-order valence-electron chi connectivity index (χ1n) is 10.4. The van der Waals surface area contributed by atoms with Crippen molar-refractivity contribution in [3.63, 3.8) is 0 Å². The number of methoxy groups -OCH3 is 4. The third-order valence-electron chi connectivity index (χ3n) is 5.22. The van der Waals surface area contributed by atoms with E-state index >= 15 is 0 Å². The molecule has 0 aliphatic carbocycles. The Hall–Kier alpha value is -4.68. The predicted molar refractivity (Wildman–Crippen MR) is 133 cm³/mol. The van der Waals surface area contributed by atoms with Crippen molar-refractivity contribution in [1.29, 1.82) is 10.5 Å². The Balaban J connectivity index is 2.16. The van der Waals surface area contributed by atoms with Crippen molar-refractivity contribution < 1.29 is 18.9 Å². The van der Waals surface area contributed by atoms with Crippen LogP contribution in [0.5, 0.6) is 23.0 Å². The summed E-state index contributed by atoms with van der Waals surface area (Å²) in [5.74, 6) is 2.23. The molecule has 170 valence electrons. The standard InChI is InChI=1S/C28H24N2O4/c1-31-25-11-7-5-9-23(25)21(17-29)13-19-15-28(34-4)20(16-27(19)33-3)14-22(18-30)24-10-6-8-12-26(24)32-2/h5-16H,1-4H3/b21-13-,22-14+. The smallest absolute Gasteiger partial charge is 0.127 e. The van der Waals surface area contributed by atoms with Gasteiger partial charge in [0.15, 0.2) is 0 Å². The summed E-state index contributed by atoms with van der Waals surface area (Å²) in [6, 6.07) is 22.6. The van der Waals surface area contributed by atoms with E-state index in [2.05, 4.69) is 12.1 Å². The van der Waals surface area contributed by atoms with Crippen LogP contribution in [0, 0.1) is 22.7 Å². The third kappa shape index (κ3) is 5.03. The van der Waals surface area contributed by atoms with Crippen molar-refractivity contribution in [2.45, 2.75) is 0 Å². The highest BCUT2D eigenvalue weighted by molar-refractivity contribution is 5.95. The van der Waals surface area contributed by atoms with Crippen molar-refractivity contribution in [1.82, 2.24) is 0 Å². The van der Waals surface area contributed by atoms with Gasteiger partial charge in [-0.1, -0.05) is 24.3 Å². The highest BCUT2D eigenvalue weighted by atomic mass is 16.5. The molecule has 0 saturated carbocycles. The van der Waals surface area contributed by atoms with Crippen LogP contribution in [-0.4, -0.2) is 28.4 Å². The Kier molecular flexibility index (Phi) is 7.94. The summed E-state index contributed by atoms with van der Waals surface area (Å²) in [5, 5.41) is 19.7. The molecule has 0 heterocycles. The molecule has 3 aromatic rings. The number of nitrogens with zero attached hydrogens (tertiary/aromatic N) is 2. The number of allylic oxidation sites excluding steroid dienone is 2. The van der Waals surface area contributed by atoms with Crippen molar-refractivity contribution in [2.75, 3.05) is 28.4 Å². The van der Waals surface area contributed by atoms with E-state index in [0.29, 0.717) is 56.4 Å². The molecule has 0 fully saturated rings. The van der Waals surface area contributed by atoms with E-state index in [0.717, 1.165) is 0 Å². The SMILES string of the molecule is COc1cc(/C=C(/C#N)c2ccccc2OC)c(OC)cc1/C=C(\C#N)c1ccccc1OC. The first kappa shape index (κ1) is 24.0. The minimum Gasteiger partial charge on any atom is -0.496 e. The van der Waals surface area contributed by atoms with E-state index in [1.54, 1.807) is 64.9 Å². The van der Waals surface area contributed by atoms with Gasteiger partial charge in [0.1, 0.15) is 23.0 Å². The van der Waals surface area contributed by atoms with Gasteiger partial charge in [0.25, 0.3) is 0 Å². The Labute approximate surface area is 199 Å². The second kappa shape index (κ2) is 11.3. The lowest BCUT2D eigenvalue weighted by Gasteiger charge is -2.13. The van der Waals surface area contributed by atoms with Crippen molar-refractivity contribution in [2.24, 2.45) is 0 Å². The van der Waals surface area contributed by atoms with E-state index in [-0.39, 0.29) is 0 Å². The molecule has 0 aliphatic heterocycles. The quantitative estimate of drug-likeness (QED) is 0.315. The van der Waals surface area contributed by atoms with Gasteiger partial charge in [0, 0.05) is 22.3 Å². The molecule has 0 aliphatic rings. The molecule has 0 spiro atoms. The van der Waals surface area contributed by atoms with Gasteiger partial charge in [-0.05, 0) is 48.6 Å². The fourth-order valence-electron chi connectivity index (χ4n) is 3.56. The minimum atomic E-state index is 0.410. The fourth-order valence-corrected chi connectivity index (χ4v) is 3.56. The van der Waals surface area contributed by atoms with Crippen LogP contribution in [0.2, 0.25) is 0 Å². The Morgan fingerprint density at radius 3 is 1.26 bits per heavy atom. The summed E-state index contributed by atoms with van der Waals surface area (Å²) in [7, 11) is 6.22. The van der Waals surface area contributed by atoms with Crippen LogP contribution in [0.25, 0.3) is 23.3 Å². The van der Waals surface area contributed by atoms with Gasteiger partial charge >= 0.3 is 0 Å². The zero-order valence-electron chi connectivity index (χ0n) is 19.5. The summed E-state index contributed by atoms with van der Waals surface area (Å²) < 4.78 is 22.0. The molecule has 0 unspecified atom stereocenters. The van der Waals surface area contributed by atoms with Gasteiger partial charge in [-0.2, -0.15) is 10.5 Å². The summed E-state index contributed by atoms with van der Waals surface area (Å²) in [6.45, 7) is 0. The van der Waals surface area contributed by atoms with E-state index in [1.165, 1.54) is 0 Å². The lowest BCUT2D eigenvalue weighted by molar-refractivity contribution is 0.401. The molecule has 0 bridgehead atoms. The summed E-state index contributed by atoms with van der Waals surface area (Å²) in [5.41, 5.74) is 3.45. The lowest BCUT2D eigenvalue weighted by atomic mass is 9.99. The van der Waals surface area contributed by atoms with Gasteiger partial charge in [-0.25, -0.2) is 0 Å². The van der Waals surface area contributed by atoms with E-state index in [4.69, 9.17) is 18.9 Å². The van der Waals surface area contributed by atoms with E-state index < -0.39 is 0 Å². The molecule has 34 heavy (non-hydrogen) atoms. The maximum atomic E-state index is 9.83. The monoisotopic (exact) mass is 452 g/mol. The fraction of sp³-hybridized carbons (Fsp3) is 0.143. The maximum Gasteiger partial charge on any atom is 0.127 e. The van der Waals surface area contributed by atoms with Gasteiger partial charge in [0.05, 0.1) is 51.7 Å². The van der Waals surface area contributed by atoms with Gasteiger partial charge in [-0.15, -0.1) is 0 Å². The average Bonchev–Trinajstić information content (AvgIpc) is 2.90. The molecule has 0 radical (unpaired) electrons. The van der Waals surface area contributed by atoms with Crippen molar-refractivity contribution in [3.05, 3.63) is 82.9 Å². The minimum absolute atomic E-state index is 0.410. The predicted octanol–water partition coefficient (Wildman–Crippen LogP) is 5.85. The van der Waals surface area contributed by atoms with Gasteiger partial charge in [0.2, 0.25) is 0 Å². The first-order chi connectivity index (χ1) is 16.6. The number of rotatable bonds is 8. The van der Waals surface area contributed by atoms with Crippen molar-refractivity contribution >= 4 is 23.3 Å². The largest absolute Gasteiger partial charge is 0.496 e. The van der Waals surface area contributed by atoms with Gasteiger partial charge in [-0.3, -0.25) is 0 Å². The maximum absolute atomic E-state index is 9.83. The highest BCUT2D eigenvalue weighted by Crippen LogP contribution is 2.36. The van der Waals surface area contributed by atoms with Crippen LogP contribution in [-0.2, 0) is 0 Å². The van der Waals surface area contributed by atoms with Crippen LogP contribution in [0.4, 0.5) is 0 Å². The van der Waals surface area contributed by atoms with E-state index in [9.17, 15) is 10.5 Å². The summed E-state index contributed by atoms with van der Waals surface area (Å²) in [6.07, 6.45) is 3.44. The molecule has 3 aromatic carbocycles. The molecule has 3 rings (SSSR count). The third-order valence-corrected chi connectivity index (χ3v) is 5.22. The highest BCUT2D eigenvalue weighted by Gasteiger charge is 2.15. The lowest BCUT2D eigenvalue weighted by Crippen LogP contribution is -1.96. The number of ether oxygens (including phenoxy) is 4.